The van der Waals surface area contributed by atoms with Crippen LogP contribution in [0, 0.1) is 0 Å². The number of nitrogens with one attached hydrogen (secondary N) is 1. The van der Waals surface area contributed by atoms with Crippen molar-refractivity contribution in [3.63, 3.8) is 0 Å². The molecule has 1 atom stereocenters. The van der Waals surface area contributed by atoms with Crippen LogP contribution in [0.25, 0.3) is 0 Å². The minimum atomic E-state index is 0.459. The molecule has 92 valence electrons. The number of hydrogen-bond donors (Lipinski definition) is 1. The van der Waals surface area contributed by atoms with Crippen molar-refractivity contribution < 1.29 is 0 Å². The summed E-state index contributed by atoms with van der Waals surface area (Å²) in [5, 5.41) is 3.61. The van der Waals surface area contributed by atoms with E-state index in [0.717, 1.165) is 6.54 Å². The van der Waals surface area contributed by atoms with Crippen molar-refractivity contribution in [1.29, 1.82) is 0 Å². The zero-order valence-electron chi connectivity index (χ0n) is 10.8. The van der Waals surface area contributed by atoms with E-state index in [2.05, 4.69) is 48.6 Å². The van der Waals surface area contributed by atoms with Gasteiger partial charge >= 0.3 is 0 Å². The fourth-order valence-electron chi connectivity index (χ4n) is 2.44. The van der Waals surface area contributed by atoms with E-state index >= 15 is 0 Å². The van der Waals surface area contributed by atoms with Crippen LogP contribution in [0.2, 0.25) is 0 Å². The van der Waals surface area contributed by atoms with Crippen LogP contribution in [0.15, 0.2) is 42.0 Å². The van der Waals surface area contributed by atoms with Crippen LogP contribution in [0.4, 0.5) is 0 Å². The van der Waals surface area contributed by atoms with Crippen LogP contribution in [0.5, 0.6) is 0 Å². The maximum absolute atomic E-state index is 3.61. The lowest BCUT2D eigenvalue weighted by molar-refractivity contribution is 0.562. The number of allylic oxidation sites excluding steroid dienone is 1. The highest BCUT2D eigenvalue weighted by Crippen LogP contribution is 2.20. The molecule has 0 aromatic heterocycles. The molecule has 1 aromatic carbocycles. The third kappa shape index (κ3) is 4.01. The fourth-order valence-corrected chi connectivity index (χ4v) is 2.44. The normalized spacial score (nSPS) is 17.6. The van der Waals surface area contributed by atoms with E-state index in [4.69, 9.17) is 0 Å². The zero-order chi connectivity index (χ0) is 11.9. The molecule has 1 unspecified atom stereocenters. The molecule has 0 bridgehead atoms. The van der Waals surface area contributed by atoms with Gasteiger partial charge in [0, 0.05) is 6.04 Å². The second-order valence-electron chi connectivity index (χ2n) is 4.94. The predicted molar refractivity (Wildman–Crippen MR) is 74.0 cm³/mol. The van der Waals surface area contributed by atoms with Gasteiger partial charge in [0.15, 0.2) is 0 Å². The van der Waals surface area contributed by atoms with Crippen molar-refractivity contribution in [2.24, 2.45) is 0 Å². The zero-order valence-corrected chi connectivity index (χ0v) is 10.8. The Labute approximate surface area is 105 Å². The topological polar surface area (TPSA) is 12.0 Å². The average molecular weight is 229 g/mol. The Morgan fingerprint density at radius 2 is 2.00 bits per heavy atom. The van der Waals surface area contributed by atoms with Crippen LogP contribution in [0.3, 0.4) is 0 Å². The standard InChI is InChI=1S/C16H23N/c1-14(16-10-6-3-7-11-16)17-13-12-15-8-4-2-5-9-15/h3,6-8,10-11,14,17H,2,4-5,9,12-13H2,1H3. The van der Waals surface area contributed by atoms with Gasteiger partial charge < -0.3 is 5.32 Å². The Hall–Kier alpha value is -1.08. The Kier molecular flexibility index (Phi) is 4.81. The molecule has 0 heterocycles. The molecule has 0 saturated carbocycles. The second-order valence-corrected chi connectivity index (χ2v) is 4.94. The molecule has 1 heteroatoms. The van der Waals surface area contributed by atoms with Crippen LogP contribution in [0.1, 0.15) is 50.6 Å². The van der Waals surface area contributed by atoms with Crippen molar-refractivity contribution in [1.82, 2.24) is 5.32 Å². The molecule has 1 aliphatic carbocycles. The Morgan fingerprint density at radius 1 is 1.18 bits per heavy atom. The van der Waals surface area contributed by atoms with E-state index in [1.54, 1.807) is 5.57 Å². The molecule has 0 amide bonds. The molecule has 2 rings (SSSR count). The molecular weight excluding hydrogens is 206 g/mol. The summed E-state index contributed by atoms with van der Waals surface area (Å²) in [5.41, 5.74) is 3.04. The number of rotatable bonds is 5. The van der Waals surface area contributed by atoms with E-state index < -0.39 is 0 Å². The summed E-state index contributed by atoms with van der Waals surface area (Å²) < 4.78 is 0. The lowest BCUT2D eigenvalue weighted by atomic mass is 9.97. The van der Waals surface area contributed by atoms with E-state index in [1.165, 1.54) is 37.7 Å². The van der Waals surface area contributed by atoms with E-state index in [1.807, 2.05) is 0 Å². The van der Waals surface area contributed by atoms with Gasteiger partial charge in [-0.3, -0.25) is 0 Å². The van der Waals surface area contributed by atoms with Gasteiger partial charge in [-0.2, -0.15) is 0 Å². The highest BCUT2D eigenvalue weighted by molar-refractivity contribution is 5.18. The van der Waals surface area contributed by atoms with Gasteiger partial charge in [-0.25, -0.2) is 0 Å². The quantitative estimate of drug-likeness (QED) is 0.745. The smallest absolute Gasteiger partial charge is 0.0291 e. The monoisotopic (exact) mass is 229 g/mol. The van der Waals surface area contributed by atoms with E-state index in [-0.39, 0.29) is 0 Å². The molecular formula is C16H23N. The molecule has 17 heavy (non-hydrogen) atoms. The van der Waals surface area contributed by atoms with E-state index in [0.29, 0.717) is 6.04 Å². The Morgan fingerprint density at radius 3 is 2.71 bits per heavy atom. The maximum atomic E-state index is 3.61. The fraction of sp³-hybridized carbons (Fsp3) is 0.500. The highest BCUT2D eigenvalue weighted by Gasteiger charge is 2.06. The molecule has 1 aromatic rings. The summed E-state index contributed by atoms with van der Waals surface area (Å²) in [4.78, 5) is 0. The Balaban J connectivity index is 1.73. The van der Waals surface area contributed by atoms with Crippen molar-refractivity contribution >= 4 is 0 Å². The summed E-state index contributed by atoms with van der Waals surface area (Å²) in [6, 6.07) is 11.1. The first-order chi connectivity index (χ1) is 8.36. The first kappa shape index (κ1) is 12.4. The van der Waals surface area contributed by atoms with E-state index in [9.17, 15) is 0 Å². The van der Waals surface area contributed by atoms with Crippen LogP contribution in [-0.2, 0) is 0 Å². The highest BCUT2D eigenvalue weighted by atomic mass is 14.9. The average Bonchev–Trinajstić information content (AvgIpc) is 2.41. The number of benzene rings is 1. The van der Waals surface area contributed by atoms with Gasteiger partial charge in [0.1, 0.15) is 0 Å². The third-order valence-electron chi connectivity index (χ3n) is 3.58. The van der Waals surface area contributed by atoms with Gasteiger partial charge in [0.05, 0.1) is 0 Å². The lowest BCUT2D eigenvalue weighted by Gasteiger charge is -2.16. The predicted octanol–water partition coefficient (Wildman–Crippen LogP) is 4.23. The lowest BCUT2D eigenvalue weighted by Crippen LogP contribution is -2.20. The molecule has 0 aliphatic heterocycles. The maximum Gasteiger partial charge on any atom is 0.0291 e. The van der Waals surface area contributed by atoms with Gasteiger partial charge in [0.25, 0.3) is 0 Å². The minimum absolute atomic E-state index is 0.459. The summed E-state index contributed by atoms with van der Waals surface area (Å²) in [5.74, 6) is 0. The van der Waals surface area contributed by atoms with Crippen LogP contribution >= 0.6 is 0 Å². The summed E-state index contributed by atoms with van der Waals surface area (Å²) in [6.45, 7) is 3.34. The molecule has 0 radical (unpaired) electrons. The molecule has 1 aliphatic rings. The third-order valence-corrected chi connectivity index (χ3v) is 3.58. The van der Waals surface area contributed by atoms with Crippen molar-refractivity contribution in [3.05, 3.63) is 47.5 Å². The number of hydrogen-bond acceptors (Lipinski definition) is 1. The molecule has 1 nitrogen and oxygen atoms in total. The second kappa shape index (κ2) is 6.61. The summed E-state index contributed by atoms with van der Waals surface area (Å²) in [6.07, 6.45) is 9.05. The Bertz CT molecular complexity index is 353. The van der Waals surface area contributed by atoms with Gasteiger partial charge in [-0.1, -0.05) is 42.0 Å². The summed E-state index contributed by atoms with van der Waals surface area (Å²) in [7, 11) is 0. The largest absolute Gasteiger partial charge is 0.310 e. The van der Waals surface area contributed by atoms with Crippen LogP contribution < -0.4 is 5.32 Å². The van der Waals surface area contributed by atoms with Crippen molar-refractivity contribution in [2.75, 3.05) is 6.54 Å². The van der Waals surface area contributed by atoms with Gasteiger partial charge in [0.2, 0.25) is 0 Å². The van der Waals surface area contributed by atoms with Gasteiger partial charge in [-0.15, -0.1) is 0 Å². The first-order valence-electron chi connectivity index (χ1n) is 6.82. The first-order valence-corrected chi connectivity index (χ1v) is 6.82. The molecule has 1 N–H and O–H groups in total. The molecule has 0 saturated heterocycles. The van der Waals surface area contributed by atoms with Crippen molar-refractivity contribution in [2.45, 2.75) is 45.1 Å². The minimum Gasteiger partial charge on any atom is -0.310 e. The molecule has 0 spiro atoms. The summed E-state index contributed by atoms with van der Waals surface area (Å²) >= 11 is 0. The van der Waals surface area contributed by atoms with Crippen molar-refractivity contribution in [3.8, 4) is 0 Å². The molecule has 0 fully saturated rings. The SMILES string of the molecule is CC(NCCC1=CCCCC1)c1ccccc1. The van der Waals surface area contributed by atoms with Gasteiger partial charge in [-0.05, 0) is 51.1 Å². The van der Waals surface area contributed by atoms with Crippen LogP contribution in [-0.4, -0.2) is 6.54 Å².